The number of hydrogen-bond acceptors (Lipinski definition) is 5. The largest absolute Gasteiger partial charge is 0.497 e. The van der Waals surface area contributed by atoms with E-state index in [4.69, 9.17) is 13.9 Å². The number of rotatable bonds is 6. The number of methoxy groups -OCH3 is 1. The van der Waals surface area contributed by atoms with Crippen LogP contribution in [0.1, 0.15) is 5.76 Å². The van der Waals surface area contributed by atoms with Gasteiger partial charge in [0.25, 0.3) is 5.91 Å². The van der Waals surface area contributed by atoms with Gasteiger partial charge >= 0.3 is 0 Å². The second-order valence-corrected chi connectivity index (χ2v) is 3.78. The topological polar surface area (TPSA) is 73.1 Å². The lowest BCUT2D eigenvalue weighted by Crippen LogP contribution is -2.24. The van der Waals surface area contributed by atoms with E-state index in [2.05, 4.69) is 10.5 Å². The minimum absolute atomic E-state index is 0.136. The summed E-state index contributed by atoms with van der Waals surface area (Å²) in [6.45, 7) is -0.136. The summed E-state index contributed by atoms with van der Waals surface area (Å²) in [5, 5.41) is 3.74. The molecular weight excluding hydrogens is 260 g/mol. The Morgan fingerprint density at radius 2 is 2.20 bits per heavy atom. The second-order valence-electron chi connectivity index (χ2n) is 3.78. The van der Waals surface area contributed by atoms with Gasteiger partial charge in [0.05, 0.1) is 19.6 Å². The number of furan rings is 1. The number of nitrogens with zero attached hydrogens (tertiary/aromatic N) is 1. The van der Waals surface area contributed by atoms with Gasteiger partial charge in [-0.25, -0.2) is 5.43 Å². The summed E-state index contributed by atoms with van der Waals surface area (Å²) in [6, 6.07) is 10.5. The first-order valence-corrected chi connectivity index (χ1v) is 5.90. The number of amides is 1. The molecule has 6 nitrogen and oxygen atoms in total. The summed E-state index contributed by atoms with van der Waals surface area (Å²) in [5.41, 5.74) is 2.33. The molecule has 0 saturated carbocycles. The van der Waals surface area contributed by atoms with Gasteiger partial charge in [-0.2, -0.15) is 5.10 Å². The lowest BCUT2D eigenvalue weighted by atomic mass is 10.3. The van der Waals surface area contributed by atoms with Crippen LogP contribution in [-0.4, -0.2) is 25.8 Å². The third-order valence-electron chi connectivity index (χ3n) is 2.34. The zero-order chi connectivity index (χ0) is 14.2. The van der Waals surface area contributed by atoms with Gasteiger partial charge in [0.15, 0.2) is 6.61 Å². The lowest BCUT2D eigenvalue weighted by molar-refractivity contribution is -0.123. The molecule has 0 aliphatic heterocycles. The molecule has 6 heteroatoms. The zero-order valence-corrected chi connectivity index (χ0v) is 10.9. The van der Waals surface area contributed by atoms with Crippen molar-refractivity contribution < 1.29 is 18.7 Å². The molecule has 0 unspecified atom stereocenters. The normalized spacial score (nSPS) is 10.4. The maximum Gasteiger partial charge on any atom is 0.277 e. The molecule has 1 N–H and O–H groups in total. The van der Waals surface area contributed by atoms with Gasteiger partial charge in [0.1, 0.15) is 17.3 Å². The van der Waals surface area contributed by atoms with Crippen molar-refractivity contribution in [1.29, 1.82) is 0 Å². The minimum Gasteiger partial charge on any atom is -0.497 e. The molecule has 2 rings (SSSR count). The van der Waals surface area contributed by atoms with Gasteiger partial charge in [-0.3, -0.25) is 4.79 Å². The van der Waals surface area contributed by atoms with Crippen LogP contribution in [0.2, 0.25) is 0 Å². The van der Waals surface area contributed by atoms with E-state index < -0.39 is 0 Å². The van der Waals surface area contributed by atoms with E-state index in [0.717, 1.165) is 0 Å². The smallest absolute Gasteiger partial charge is 0.277 e. The van der Waals surface area contributed by atoms with Crippen LogP contribution in [0.5, 0.6) is 11.5 Å². The van der Waals surface area contributed by atoms with Crippen LogP contribution in [0.15, 0.2) is 52.2 Å². The highest BCUT2D eigenvalue weighted by atomic mass is 16.5. The van der Waals surface area contributed by atoms with Crippen LogP contribution in [0.3, 0.4) is 0 Å². The molecule has 0 radical (unpaired) electrons. The van der Waals surface area contributed by atoms with Crippen molar-refractivity contribution in [2.45, 2.75) is 0 Å². The number of carbonyl (C=O) groups excluding carboxylic acids is 1. The van der Waals surface area contributed by atoms with E-state index >= 15 is 0 Å². The Morgan fingerprint density at radius 3 is 2.95 bits per heavy atom. The standard InChI is InChI=1S/C14H14N2O4/c1-18-11-4-2-5-12(8-11)20-10-14(17)16-15-9-13-6-3-7-19-13/h2-9H,10H2,1H3,(H,16,17)/b15-9+. The Balaban J connectivity index is 1.77. The quantitative estimate of drug-likeness (QED) is 0.644. The Bertz CT molecular complexity index is 579. The van der Waals surface area contributed by atoms with Crippen molar-refractivity contribution >= 4 is 12.1 Å². The molecule has 0 atom stereocenters. The number of hydrogen-bond donors (Lipinski definition) is 1. The van der Waals surface area contributed by atoms with Gasteiger partial charge in [0.2, 0.25) is 0 Å². The molecule has 0 spiro atoms. The monoisotopic (exact) mass is 274 g/mol. The second kappa shape index (κ2) is 6.98. The highest BCUT2D eigenvalue weighted by Crippen LogP contribution is 2.18. The Labute approximate surface area is 116 Å². The third kappa shape index (κ3) is 4.16. The molecule has 1 aromatic heterocycles. The van der Waals surface area contributed by atoms with Gasteiger partial charge < -0.3 is 13.9 Å². The molecule has 0 fully saturated rings. The fraction of sp³-hybridized carbons (Fsp3) is 0.143. The van der Waals surface area contributed by atoms with E-state index in [1.54, 1.807) is 43.5 Å². The average Bonchev–Trinajstić information content (AvgIpc) is 2.98. The predicted molar refractivity (Wildman–Crippen MR) is 72.9 cm³/mol. The SMILES string of the molecule is COc1cccc(OCC(=O)N/N=C/c2ccco2)c1. The molecular formula is C14H14N2O4. The van der Waals surface area contributed by atoms with Crippen LogP contribution < -0.4 is 14.9 Å². The molecule has 1 heterocycles. The van der Waals surface area contributed by atoms with E-state index in [-0.39, 0.29) is 12.5 Å². The van der Waals surface area contributed by atoms with Crippen molar-refractivity contribution in [3.63, 3.8) is 0 Å². The molecule has 0 bridgehead atoms. The number of hydrazone groups is 1. The summed E-state index contributed by atoms with van der Waals surface area (Å²) < 4.78 is 15.4. The van der Waals surface area contributed by atoms with E-state index in [1.165, 1.54) is 12.5 Å². The first-order chi connectivity index (χ1) is 9.78. The summed E-state index contributed by atoms with van der Waals surface area (Å²) in [4.78, 5) is 11.5. The average molecular weight is 274 g/mol. The van der Waals surface area contributed by atoms with Crippen LogP contribution in [0.25, 0.3) is 0 Å². The number of carbonyl (C=O) groups is 1. The molecule has 1 aromatic carbocycles. The van der Waals surface area contributed by atoms with E-state index in [9.17, 15) is 4.79 Å². The highest BCUT2D eigenvalue weighted by Gasteiger charge is 2.02. The molecule has 0 saturated heterocycles. The van der Waals surface area contributed by atoms with Gasteiger partial charge in [0, 0.05) is 6.07 Å². The fourth-order valence-electron chi connectivity index (χ4n) is 1.40. The first kappa shape index (κ1) is 13.7. The number of nitrogens with one attached hydrogen (secondary N) is 1. The van der Waals surface area contributed by atoms with Crippen LogP contribution in [-0.2, 0) is 4.79 Å². The maximum absolute atomic E-state index is 11.5. The Hall–Kier alpha value is -2.76. The van der Waals surface area contributed by atoms with Crippen molar-refractivity contribution in [2.24, 2.45) is 5.10 Å². The van der Waals surface area contributed by atoms with Crippen molar-refractivity contribution in [3.05, 3.63) is 48.4 Å². The van der Waals surface area contributed by atoms with Crippen LogP contribution in [0, 0.1) is 0 Å². The fourth-order valence-corrected chi connectivity index (χ4v) is 1.40. The van der Waals surface area contributed by atoms with Crippen LogP contribution in [0.4, 0.5) is 0 Å². The highest BCUT2D eigenvalue weighted by molar-refractivity contribution is 5.81. The number of ether oxygens (including phenoxy) is 2. The molecule has 0 aliphatic carbocycles. The van der Waals surface area contributed by atoms with Crippen LogP contribution >= 0.6 is 0 Å². The first-order valence-electron chi connectivity index (χ1n) is 5.90. The van der Waals surface area contributed by atoms with Gasteiger partial charge in [-0.05, 0) is 24.3 Å². The molecule has 1 amide bonds. The summed E-state index contributed by atoms with van der Waals surface area (Å²) in [5.74, 6) is 1.41. The zero-order valence-electron chi connectivity index (χ0n) is 10.9. The molecule has 0 aliphatic rings. The van der Waals surface area contributed by atoms with E-state index in [0.29, 0.717) is 17.3 Å². The molecule has 2 aromatic rings. The van der Waals surface area contributed by atoms with Gasteiger partial charge in [-0.1, -0.05) is 6.07 Å². The predicted octanol–water partition coefficient (Wildman–Crippen LogP) is 1.82. The molecule has 104 valence electrons. The number of benzene rings is 1. The minimum atomic E-state index is -0.365. The summed E-state index contributed by atoms with van der Waals surface area (Å²) in [7, 11) is 1.56. The summed E-state index contributed by atoms with van der Waals surface area (Å²) >= 11 is 0. The van der Waals surface area contributed by atoms with Crippen molar-refractivity contribution in [2.75, 3.05) is 13.7 Å². The lowest BCUT2D eigenvalue weighted by Gasteiger charge is -2.06. The third-order valence-corrected chi connectivity index (χ3v) is 2.34. The van der Waals surface area contributed by atoms with Crippen molar-refractivity contribution in [3.8, 4) is 11.5 Å². The Morgan fingerprint density at radius 1 is 1.35 bits per heavy atom. The molecule has 20 heavy (non-hydrogen) atoms. The summed E-state index contributed by atoms with van der Waals surface area (Å²) in [6.07, 6.45) is 2.93. The maximum atomic E-state index is 11.5. The Kier molecular flexibility index (Phi) is 4.77. The van der Waals surface area contributed by atoms with Crippen molar-refractivity contribution in [1.82, 2.24) is 5.43 Å². The van der Waals surface area contributed by atoms with Gasteiger partial charge in [-0.15, -0.1) is 0 Å². The van der Waals surface area contributed by atoms with E-state index in [1.807, 2.05) is 0 Å².